The number of amides is 1. The number of nitrogens with zero attached hydrogens (tertiary/aromatic N) is 1. The van der Waals surface area contributed by atoms with Crippen molar-refractivity contribution in [1.29, 1.82) is 0 Å². The Labute approximate surface area is 169 Å². The summed E-state index contributed by atoms with van der Waals surface area (Å²) in [6.45, 7) is 2.77. The molecule has 2 heterocycles. The van der Waals surface area contributed by atoms with Gasteiger partial charge < -0.3 is 10.1 Å². The first kappa shape index (κ1) is 20.5. The second-order valence-electron chi connectivity index (χ2n) is 9.31. The Morgan fingerprint density at radius 3 is 2.68 bits per heavy atom. The van der Waals surface area contributed by atoms with E-state index in [2.05, 4.69) is 21.2 Å². The third-order valence-electron chi connectivity index (χ3n) is 7.28. The predicted octanol–water partition coefficient (Wildman–Crippen LogP) is 1.74. The Morgan fingerprint density at radius 2 is 1.93 bits per heavy atom. The first-order valence-corrected chi connectivity index (χ1v) is 11.4. The lowest BCUT2D eigenvalue weighted by Gasteiger charge is -2.30. The number of hydrogen-bond acceptors (Lipinski definition) is 6. The van der Waals surface area contributed by atoms with E-state index in [4.69, 9.17) is 9.57 Å². The lowest BCUT2D eigenvalue weighted by Crippen LogP contribution is -2.47. The highest BCUT2D eigenvalue weighted by atomic mass is 16.7. The van der Waals surface area contributed by atoms with Gasteiger partial charge in [-0.1, -0.05) is 19.3 Å². The summed E-state index contributed by atoms with van der Waals surface area (Å²) in [6.07, 6.45) is 12.7. The average Bonchev–Trinajstić information content (AvgIpc) is 3.39. The Balaban J connectivity index is 1.16. The fourth-order valence-electron chi connectivity index (χ4n) is 5.49. The maximum Gasteiger partial charge on any atom is 0.239 e. The van der Waals surface area contributed by atoms with Gasteiger partial charge in [-0.2, -0.15) is 5.48 Å². The minimum atomic E-state index is -0.203. The first-order valence-electron chi connectivity index (χ1n) is 11.4. The van der Waals surface area contributed by atoms with Crippen LogP contribution in [0.15, 0.2) is 0 Å². The highest BCUT2D eigenvalue weighted by molar-refractivity contribution is 5.82. The number of ether oxygens (including phenoxy) is 1. The van der Waals surface area contributed by atoms with Crippen molar-refractivity contribution in [3.05, 3.63) is 0 Å². The Bertz CT molecular complexity index is 506. The zero-order valence-electron chi connectivity index (χ0n) is 17.3. The van der Waals surface area contributed by atoms with Crippen molar-refractivity contribution in [3.8, 4) is 0 Å². The lowest BCUT2D eigenvalue weighted by atomic mass is 9.83. The highest BCUT2D eigenvalue weighted by Crippen LogP contribution is 2.32. The lowest BCUT2D eigenvalue weighted by molar-refractivity contribution is -0.125. The summed E-state index contributed by atoms with van der Waals surface area (Å²) in [7, 11) is 1.82. The van der Waals surface area contributed by atoms with Crippen molar-refractivity contribution in [1.82, 2.24) is 21.2 Å². The molecule has 28 heavy (non-hydrogen) atoms. The quantitative estimate of drug-likeness (QED) is 0.637. The van der Waals surface area contributed by atoms with Crippen molar-refractivity contribution in [2.45, 2.75) is 88.5 Å². The minimum absolute atomic E-state index is 0.0903. The standard InChI is InChI=1S/C21H38N4O3/c1-27-18-9-7-15(8-10-18)13-25-14-17(12-22-25)23-21(26)19-11-20(28-24-19)16-5-3-2-4-6-16/h15-20,22,24H,2-14H2,1H3,(H,23,26). The normalized spacial score (nSPS) is 38.0. The van der Waals surface area contributed by atoms with Gasteiger partial charge in [0.2, 0.25) is 5.91 Å². The molecule has 0 spiro atoms. The van der Waals surface area contributed by atoms with E-state index < -0.39 is 0 Å². The number of hydroxylamine groups is 1. The van der Waals surface area contributed by atoms with Gasteiger partial charge in [0.05, 0.1) is 18.2 Å². The summed E-state index contributed by atoms with van der Waals surface area (Å²) in [5.41, 5.74) is 6.48. The number of carbonyl (C=O) groups excluding carboxylic acids is 1. The van der Waals surface area contributed by atoms with Gasteiger partial charge in [0, 0.05) is 33.2 Å². The van der Waals surface area contributed by atoms with E-state index in [9.17, 15) is 4.79 Å². The summed E-state index contributed by atoms with van der Waals surface area (Å²) in [5, 5.41) is 5.52. The first-order chi connectivity index (χ1) is 13.7. The van der Waals surface area contributed by atoms with E-state index in [-0.39, 0.29) is 24.1 Å². The van der Waals surface area contributed by atoms with E-state index in [1.165, 1.54) is 57.8 Å². The van der Waals surface area contributed by atoms with Crippen molar-refractivity contribution < 1.29 is 14.4 Å². The molecular weight excluding hydrogens is 356 g/mol. The smallest absolute Gasteiger partial charge is 0.239 e. The van der Waals surface area contributed by atoms with Gasteiger partial charge in [-0.3, -0.25) is 15.1 Å². The minimum Gasteiger partial charge on any atom is -0.381 e. The molecule has 3 unspecified atom stereocenters. The molecule has 0 aromatic heterocycles. The zero-order chi connectivity index (χ0) is 19.3. The van der Waals surface area contributed by atoms with Crippen molar-refractivity contribution >= 4 is 5.91 Å². The molecule has 2 saturated heterocycles. The van der Waals surface area contributed by atoms with Crippen LogP contribution in [0.5, 0.6) is 0 Å². The van der Waals surface area contributed by atoms with Crippen LogP contribution in [-0.2, 0) is 14.4 Å². The zero-order valence-corrected chi connectivity index (χ0v) is 17.3. The van der Waals surface area contributed by atoms with Crippen molar-refractivity contribution in [2.24, 2.45) is 11.8 Å². The molecule has 0 aromatic carbocycles. The highest BCUT2D eigenvalue weighted by Gasteiger charge is 2.37. The van der Waals surface area contributed by atoms with E-state index in [1.54, 1.807) is 0 Å². The number of rotatable bonds is 6. The SMILES string of the molecule is COC1CCC(CN2CC(NC(=O)C3CC(C4CCCCC4)ON3)CN2)CC1. The molecule has 160 valence electrons. The predicted molar refractivity (Wildman–Crippen MR) is 107 cm³/mol. The van der Waals surface area contributed by atoms with Gasteiger partial charge in [-0.25, -0.2) is 5.01 Å². The molecule has 3 N–H and O–H groups in total. The van der Waals surface area contributed by atoms with Crippen LogP contribution in [0, 0.1) is 11.8 Å². The third kappa shape index (κ3) is 5.25. The van der Waals surface area contributed by atoms with Gasteiger partial charge in [-0.05, 0) is 50.4 Å². The van der Waals surface area contributed by atoms with Crippen LogP contribution >= 0.6 is 0 Å². The molecule has 1 amide bonds. The van der Waals surface area contributed by atoms with Crippen molar-refractivity contribution in [2.75, 3.05) is 26.7 Å². The molecule has 0 aromatic rings. The number of methoxy groups -OCH3 is 1. The number of hydrazine groups is 1. The topological polar surface area (TPSA) is 74.9 Å². The van der Waals surface area contributed by atoms with Gasteiger partial charge >= 0.3 is 0 Å². The van der Waals surface area contributed by atoms with Crippen LogP contribution in [0.4, 0.5) is 0 Å². The van der Waals surface area contributed by atoms with E-state index >= 15 is 0 Å². The molecule has 3 atom stereocenters. The second kappa shape index (κ2) is 9.85. The van der Waals surface area contributed by atoms with Crippen molar-refractivity contribution in [3.63, 3.8) is 0 Å². The largest absolute Gasteiger partial charge is 0.381 e. The molecule has 7 heteroatoms. The molecule has 2 saturated carbocycles. The van der Waals surface area contributed by atoms with E-state index in [0.29, 0.717) is 12.0 Å². The van der Waals surface area contributed by atoms with Crippen LogP contribution in [-0.4, -0.2) is 62.0 Å². The number of hydrogen-bond donors (Lipinski definition) is 3. The fourth-order valence-corrected chi connectivity index (χ4v) is 5.49. The molecule has 4 aliphatic rings. The Kier molecular flexibility index (Phi) is 7.22. The Hall–Kier alpha value is -0.730. The molecule has 4 fully saturated rings. The van der Waals surface area contributed by atoms with Gasteiger partial charge in [0.25, 0.3) is 0 Å². The molecule has 0 radical (unpaired) electrons. The van der Waals surface area contributed by atoms with Gasteiger partial charge in [0.15, 0.2) is 0 Å². The average molecular weight is 395 g/mol. The van der Waals surface area contributed by atoms with E-state index in [0.717, 1.165) is 32.0 Å². The summed E-state index contributed by atoms with van der Waals surface area (Å²) in [6, 6.07) is -0.0244. The molecular formula is C21H38N4O3. The Morgan fingerprint density at radius 1 is 1.14 bits per heavy atom. The number of carbonyl (C=O) groups is 1. The van der Waals surface area contributed by atoms with Crippen LogP contribution in [0.1, 0.15) is 64.2 Å². The van der Waals surface area contributed by atoms with Crippen LogP contribution in [0.25, 0.3) is 0 Å². The summed E-state index contributed by atoms with van der Waals surface area (Å²) < 4.78 is 5.47. The summed E-state index contributed by atoms with van der Waals surface area (Å²) >= 11 is 0. The molecule has 0 bridgehead atoms. The van der Waals surface area contributed by atoms with Crippen LogP contribution in [0.2, 0.25) is 0 Å². The molecule has 2 aliphatic carbocycles. The molecule has 7 nitrogen and oxygen atoms in total. The maximum atomic E-state index is 12.7. The molecule has 4 rings (SSSR count). The van der Waals surface area contributed by atoms with Gasteiger partial charge in [0.1, 0.15) is 6.04 Å². The second-order valence-corrected chi connectivity index (χ2v) is 9.31. The number of nitrogens with one attached hydrogen (secondary N) is 3. The summed E-state index contributed by atoms with van der Waals surface area (Å²) in [5.74, 6) is 1.44. The monoisotopic (exact) mass is 394 g/mol. The van der Waals surface area contributed by atoms with Crippen LogP contribution < -0.4 is 16.2 Å². The third-order valence-corrected chi connectivity index (χ3v) is 7.28. The molecule has 2 aliphatic heterocycles. The maximum absolute atomic E-state index is 12.7. The summed E-state index contributed by atoms with van der Waals surface area (Å²) in [4.78, 5) is 18.5. The van der Waals surface area contributed by atoms with E-state index in [1.807, 2.05) is 7.11 Å². The van der Waals surface area contributed by atoms with Gasteiger partial charge in [-0.15, -0.1) is 0 Å². The van der Waals surface area contributed by atoms with Crippen LogP contribution in [0.3, 0.4) is 0 Å². The fraction of sp³-hybridized carbons (Fsp3) is 0.952.